The van der Waals surface area contributed by atoms with E-state index in [1.54, 1.807) is 56.9 Å². The van der Waals surface area contributed by atoms with Crippen LogP contribution >= 0.6 is 11.3 Å². The van der Waals surface area contributed by atoms with Crippen LogP contribution in [0.2, 0.25) is 0 Å². The second-order valence-electron chi connectivity index (χ2n) is 17.0. The molecule has 0 fully saturated rings. The molecule has 0 saturated carbocycles. The molecule has 0 radical (unpaired) electrons. The van der Waals surface area contributed by atoms with Crippen LogP contribution in [0.4, 0.5) is 5.69 Å². The van der Waals surface area contributed by atoms with Gasteiger partial charge in [-0.05, 0) is 70.3 Å². The summed E-state index contributed by atoms with van der Waals surface area (Å²) in [5, 5.41) is 30.6. The van der Waals surface area contributed by atoms with E-state index in [1.165, 1.54) is 25.3 Å². The lowest BCUT2D eigenvalue weighted by molar-refractivity contribution is -0.149. The number of thiazole rings is 1. The molecule has 6 atom stereocenters. The van der Waals surface area contributed by atoms with E-state index < -0.39 is 59.4 Å². The first-order valence-electron chi connectivity index (χ1n) is 21.4. The molecule has 0 aliphatic carbocycles. The number of nitrogens with two attached hydrogens (primary N) is 1. The number of phenols is 1. The molecule has 2 rings (SSSR count). The summed E-state index contributed by atoms with van der Waals surface area (Å²) in [6.45, 7) is 15.7. The highest BCUT2D eigenvalue weighted by atomic mass is 32.1. The number of nitrogens with zero attached hydrogens (tertiary/aromatic N) is 3. The van der Waals surface area contributed by atoms with E-state index in [2.05, 4.69) is 20.9 Å². The first-order chi connectivity index (χ1) is 29.5. The summed E-state index contributed by atoms with van der Waals surface area (Å²) in [5.41, 5.74) is 5.26. The van der Waals surface area contributed by atoms with Gasteiger partial charge in [0.05, 0.1) is 50.0 Å². The van der Waals surface area contributed by atoms with Crippen molar-refractivity contribution < 1.29 is 53.2 Å². The smallest absolute Gasteiger partial charge is 0.306 e. The fraction of sp³-hybridized carbons (Fsp3) is 0.659. The van der Waals surface area contributed by atoms with E-state index in [9.17, 15) is 39.0 Å². The fourth-order valence-electron chi connectivity index (χ4n) is 6.48. The van der Waals surface area contributed by atoms with Crippen LogP contribution in [0.15, 0.2) is 23.6 Å². The van der Waals surface area contributed by atoms with Crippen molar-refractivity contribution in [3.05, 3.63) is 39.8 Å². The first-order valence-corrected chi connectivity index (χ1v) is 22.3. The van der Waals surface area contributed by atoms with Crippen LogP contribution in [-0.2, 0) is 44.6 Å². The van der Waals surface area contributed by atoms with Crippen LogP contribution in [0, 0.1) is 17.8 Å². The van der Waals surface area contributed by atoms with Gasteiger partial charge in [0.15, 0.2) is 6.10 Å². The number of phenolic OH excluding ortho intramolecular Hbond substituents is 1. The number of likely N-dealkylation sites (N-methyl/N-ethyl adjacent to an activating group) is 2. The quantitative estimate of drug-likeness (QED) is 0.0402. The van der Waals surface area contributed by atoms with Crippen molar-refractivity contribution in [1.29, 1.82) is 0 Å². The van der Waals surface area contributed by atoms with Gasteiger partial charge in [0.25, 0.3) is 5.91 Å². The number of carboxylic acids is 1. The number of aromatic hydroxyl groups is 1. The predicted molar refractivity (Wildman–Crippen MR) is 240 cm³/mol. The molecule has 0 spiro atoms. The number of rotatable bonds is 28. The standard InChI is InChI=1S/C44H71N7O11S/c1-12-27(4)38(49-43(59)44(7,8)50(9)10)41(56)51(11)34(26(2)3)24-36(62-29(6)52)40-48-33(25-63-40)39(55)46-31(21-28(5)42(57)58)22-30-13-14-35(53)32(23-30)47-37(54)15-17-60-19-20-61-18-16-45/h13-14,23,25-28,31,34,36,38,53H,12,15-22,24,45H2,1-11H3,(H,46,55)(H,47,54)(H,49,59)(H,57,58)/t27-,28?,31+,34?,36+,38-/m0/s1. The summed E-state index contributed by atoms with van der Waals surface area (Å²) in [4.78, 5) is 86.3. The Morgan fingerprint density at radius 3 is 2.17 bits per heavy atom. The van der Waals surface area contributed by atoms with Gasteiger partial charge in [-0.2, -0.15) is 0 Å². The Hall–Kier alpha value is -4.69. The van der Waals surface area contributed by atoms with Crippen molar-refractivity contribution in [2.45, 2.75) is 117 Å². The van der Waals surface area contributed by atoms with Gasteiger partial charge < -0.3 is 51.0 Å². The number of nitrogens with one attached hydrogen (secondary N) is 3. The van der Waals surface area contributed by atoms with Gasteiger partial charge in [-0.1, -0.05) is 47.1 Å². The van der Waals surface area contributed by atoms with Crippen LogP contribution in [0.25, 0.3) is 0 Å². The molecule has 1 aromatic heterocycles. The lowest BCUT2D eigenvalue weighted by atomic mass is 9.92. The maximum absolute atomic E-state index is 14.2. The zero-order valence-corrected chi connectivity index (χ0v) is 39.6. The van der Waals surface area contributed by atoms with E-state index in [0.717, 1.165) is 11.3 Å². The summed E-state index contributed by atoms with van der Waals surface area (Å²) in [6, 6.07) is 2.56. The number of esters is 1. The Morgan fingerprint density at radius 1 is 0.952 bits per heavy atom. The average molecular weight is 906 g/mol. The Morgan fingerprint density at radius 2 is 1.60 bits per heavy atom. The van der Waals surface area contributed by atoms with Crippen LogP contribution in [0.5, 0.6) is 5.75 Å². The van der Waals surface area contributed by atoms with Gasteiger partial charge in [-0.3, -0.25) is 33.7 Å². The number of ether oxygens (including phenoxy) is 3. The summed E-state index contributed by atoms with van der Waals surface area (Å²) in [7, 11) is 5.26. The lowest BCUT2D eigenvalue weighted by Gasteiger charge is -2.38. The van der Waals surface area contributed by atoms with Crippen molar-refractivity contribution in [1.82, 2.24) is 25.4 Å². The highest BCUT2D eigenvalue weighted by Crippen LogP contribution is 2.32. The normalized spacial score (nSPS) is 14.6. The summed E-state index contributed by atoms with van der Waals surface area (Å²) in [6.07, 6.45) is 0.0555. The predicted octanol–water partition coefficient (Wildman–Crippen LogP) is 3.97. The minimum Gasteiger partial charge on any atom is -0.506 e. The van der Waals surface area contributed by atoms with E-state index >= 15 is 0 Å². The second kappa shape index (κ2) is 26.2. The molecule has 2 aromatic rings. The Bertz CT molecular complexity index is 1820. The monoisotopic (exact) mass is 905 g/mol. The number of carboxylic acid groups (broad SMARTS) is 1. The van der Waals surface area contributed by atoms with E-state index in [1.807, 2.05) is 27.7 Å². The first kappa shape index (κ1) is 54.4. The number of benzene rings is 1. The van der Waals surface area contributed by atoms with Crippen molar-refractivity contribution in [3.8, 4) is 5.75 Å². The third kappa shape index (κ3) is 17.4. The zero-order valence-electron chi connectivity index (χ0n) is 38.8. The van der Waals surface area contributed by atoms with Gasteiger partial charge in [-0.25, -0.2) is 4.98 Å². The number of hydrogen-bond donors (Lipinski definition) is 6. The highest BCUT2D eigenvalue weighted by molar-refractivity contribution is 7.09. The van der Waals surface area contributed by atoms with Crippen LogP contribution in [-0.4, -0.2) is 138 Å². The molecule has 2 unspecified atom stereocenters. The third-order valence-corrected chi connectivity index (χ3v) is 12.1. The molecular formula is C44H71N7O11S. The molecule has 0 aliphatic heterocycles. The van der Waals surface area contributed by atoms with Crippen LogP contribution < -0.4 is 21.7 Å². The van der Waals surface area contributed by atoms with E-state index in [-0.39, 0.29) is 73.1 Å². The molecule has 7 N–H and O–H groups in total. The lowest BCUT2D eigenvalue weighted by Crippen LogP contribution is -2.60. The zero-order chi connectivity index (χ0) is 47.6. The number of hydrogen-bond acceptors (Lipinski definition) is 14. The maximum Gasteiger partial charge on any atom is 0.306 e. The molecule has 0 aliphatic rings. The Labute approximate surface area is 376 Å². The fourth-order valence-corrected chi connectivity index (χ4v) is 7.32. The number of aromatic nitrogens is 1. The van der Waals surface area contributed by atoms with Gasteiger partial charge in [0.2, 0.25) is 17.7 Å². The van der Waals surface area contributed by atoms with Gasteiger partial charge in [0.1, 0.15) is 22.5 Å². The number of aliphatic carboxylic acids is 1. The van der Waals surface area contributed by atoms with Crippen LogP contribution in [0.3, 0.4) is 0 Å². The van der Waals surface area contributed by atoms with Gasteiger partial charge in [-0.15, -0.1) is 11.3 Å². The minimum atomic E-state index is -1.06. The van der Waals surface area contributed by atoms with Crippen molar-refractivity contribution in [3.63, 3.8) is 0 Å². The molecule has 1 aromatic carbocycles. The molecule has 1 heterocycles. The number of carbonyl (C=O) groups excluding carboxylic acids is 5. The molecule has 63 heavy (non-hydrogen) atoms. The van der Waals surface area contributed by atoms with E-state index in [0.29, 0.717) is 43.4 Å². The molecule has 354 valence electrons. The van der Waals surface area contributed by atoms with E-state index in [4.69, 9.17) is 19.9 Å². The molecule has 0 saturated heterocycles. The second-order valence-corrected chi connectivity index (χ2v) is 17.9. The maximum atomic E-state index is 14.2. The summed E-state index contributed by atoms with van der Waals surface area (Å²) < 4.78 is 16.4. The Balaban J connectivity index is 2.31. The summed E-state index contributed by atoms with van der Waals surface area (Å²) in [5.74, 6) is -4.54. The topological polar surface area (TPSA) is 252 Å². The van der Waals surface area contributed by atoms with Crippen molar-refractivity contribution >= 4 is 52.6 Å². The number of anilines is 1. The van der Waals surface area contributed by atoms with Crippen molar-refractivity contribution in [2.75, 3.05) is 59.4 Å². The van der Waals surface area contributed by atoms with Crippen LogP contribution in [0.1, 0.15) is 108 Å². The number of carbonyl (C=O) groups is 6. The third-order valence-electron chi connectivity index (χ3n) is 11.2. The molecular weight excluding hydrogens is 835 g/mol. The molecule has 0 bridgehead atoms. The molecule has 4 amide bonds. The average Bonchev–Trinajstić information content (AvgIpc) is 3.72. The van der Waals surface area contributed by atoms with Gasteiger partial charge >= 0.3 is 11.9 Å². The van der Waals surface area contributed by atoms with Gasteiger partial charge in [0, 0.05) is 44.4 Å². The number of amides is 4. The van der Waals surface area contributed by atoms with Crippen molar-refractivity contribution in [2.24, 2.45) is 23.5 Å². The molecule has 18 nitrogen and oxygen atoms in total. The SMILES string of the molecule is CC[C@H](C)[C@H](NC(=O)C(C)(C)N(C)C)C(=O)N(C)C(C[C@@H](OC(C)=O)c1nc(C(=O)N[C@@H](Cc2ccc(O)c(NC(=O)CCOCCOCCN)c2)CC(C)C(=O)O)cs1)C(C)C. The summed E-state index contributed by atoms with van der Waals surface area (Å²) >= 11 is 1.10. The largest absolute Gasteiger partial charge is 0.506 e. The molecule has 19 heteroatoms. The minimum absolute atomic E-state index is 0.0144. The Kier molecular flexibility index (Phi) is 22.6. The highest BCUT2D eigenvalue weighted by Gasteiger charge is 2.39.